The van der Waals surface area contributed by atoms with Gasteiger partial charge in [-0.05, 0) is 57.6 Å². The molecule has 0 bridgehead atoms. The maximum absolute atomic E-state index is 13.4. The molecule has 0 saturated carbocycles. The lowest BCUT2D eigenvalue weighted by Gasteiger charge is -2.52. The summed E-state index contributed by atoms with van der Waals surface area (Å²) in [6.07, 6.45) is 3.11. The largest absolute Gasteiger partial charge is 0.338 e. The number of nitrogens with zero attached hydrogens (tertiary/aromatic N) is 3. The van der Waals surface area contributed by atoms with Crippen LogP contribution < -0.4 is 5.32 Å². The van der Waals surface area contributed by atoms with Gasteiger partial charge in [-0.25, -0.2) is 0 Å². The van der Waals surface area contributed by atoms with E-state index in [2.05, 4.69) is 58.4 Å². The molecule has 1 amide bonds. The van der Waals surface area contributed by atoms with Gasteiger partial charge in [0, 0.05) is 31.7 Å². The van der Waals surface area contributed by atoms with Crippen molar-refractivity contribution in [2.75, 3.05) is 46.8 Å². The summed E-state index contributed by atoms with van der Waals surface area (Å²) >= 11 is 0. The molecule has 136 valence electrons. The summed E-state index contributed by atoms with van der Waals surface area (Å²) in [6.45, 7) is 5.72. The molecule has 0 aromatic heterocycles. The van der Waals surface area contributed by atoms with Gasteiger partial charge >= 0.3 is 0 Å². The second kappa shape index (κ2) is 6.71. The molecule has 1 atom stereocenters. The number of amides is 1. The van der Waals surface area contributed by atoms with Crippen molar-refractivity contribution < 1.29 is 4.79 Å². The summed E-state index contributed by atoms with van der Waals surface area (Å²) in [4.78, 5) is 20.2. The van der Waals surface area contributed by atoms with Crippen molar-refractivity contribution in [3.8, 4) is 0 Å². The van der Waals surface area contributed by atoms with Gasteiger partial charge < -0.3 is 10.2 Å². The minimum absolute atomic E-state index is 0.0166. The lowest BCUT2D eigenvalue weighted by atomic mass is 9.84. The fourth-order valence-electron chi connectivity index (χ4n) is 4.82. The van der Waals surface area contributed by atoms with E-state index in [0.29, 0.717) is 5.91 Å². The van der Waals surface area contributed by atoms with Crippen LogP contribution in [0.15, 0.2) is 24.3 Å². The van der Waals surface area contributed by atoms with Gasteiger partial charge in [-0.15, -0.1) is 0 Å². The first-order valence-electron chi connectivity index (χ1n) is 9.57. The summed E-state index contributed by atoms with van der Waals surface area (Å²) in [5.74, 6) is 0.322. The lowest BCUT2D eigenvalue weighted by molar-refractivity contribution is -0.143. The van der Waals surface area contributed by atoms with E-state index < -0.39 is 0 Å². The number of carbonyl (C=O) groups excluding carboxylic acids is 1. The van der Waals surface area contributed by atoms with Crippen molar-refractivity contribution in [3.05, 3.63) is 35.4 Å². The molecule has 1 N–H and O–H groups in total. The molecular weight excluding hydrogens is 312 g/mol. The zero-order chi connectivity index (χ0) is 17.4. The summed E-state index contributed by atoms with van der Waals surface area (Å²) in [6, 6.07) is 8.53. The minimum atomic E-state index is -0.0166. The maximum Gasteiger partial charge on any atom is 0.240 e. The zero-order valence-corrected chi connectivity index (χ0v) is 15.5. The first-order valence-corrected chi connectivity index (χ1v) is 9.57. The summed E-state index contributed by atoms with van der Waals surface area (Å²) in [5, 5.41) is 3.46. The number of hydrogen-bond donors (Lipinski definition) is 1. The normalized spacial score (nSPS) is 27.3. The third kappa shape index (κ3) is 3.09. The van der Waals surface area contributed by atoms with Gasteiger partial charge in [0.25, 0.3) is 0 Å². The van der Waals surface area contributed by atoms with E-state index in [1.54, 1.807) is 0 Å². The van der Waals surface area contributed by atoms with Crippen LogP contribution in [0, 0.1) is 0 Å². The van der Waals surface area contributed by atoms with E-state index in [-0.39, 0.29) is 11.6 Å². The van der Waals surface area contributed by atoms with Crippen LogP contribution in [0.2, 0.25) is 0 Å². The average molecular weight is 342 g/mol. The monoisotopic (exact) mass is 342 g/mol. The Labute approximate surface area is 151 Å². The Morgan fingerprint density at radius 3 is 2.60 bits per heavy atom. The van der Waals surface area contributed by atoms with Gasteiger partial charge in [0.05, 0.1) is 6.04 Å². The van der Waals surface area contributed by atoms with Gasteiger partial charge in [-0.2, -0.15) is 0 Å². The highest BCUT2D eigenvalue weighted by molar-refractivity contribution is 5.83. The quantitative estimate of drug-likeness (QED) is 0.824. The number of fused-ring (bicyclic) bond motifs is 1. The van der Waals surface area contributed by atoms with Crippen LogP contribution in [0.4, 0.5) is 0 Å². The molecule has 3 heterocycles. The number of piperidine rings is 1. The Kier molecular flexibility index (Phi) is 4.56. The Hall–Kier alpha value is -1.43. The van der Waals surface area contributed by atoms with Gasteiger partial charge in [0.1, 0.15) is 0 Å². The van der Waals surface area contributed by atoms with Crippen LogP contribution in [0.1, 0.15) is 24.0 Å². The van der Waals surface area contributed by atoms with E-state index in [1.165, 1.54) is 11.1 Å². The molecule has 3 aliphatic heterocycles. The van der Waals surface area contributed by atoms with Crippen LogP contribution in [0.3, 0.4) is 0 Å². The van der Waals surface area contributed by atoms with E-state index in [4.69, 9.17) is 0 Å². The molecular formula is C20H30N4O. The molecule has 2 fully saturated rings. The first kappa shape index (κ1) is 17.0. The summed E-state index contributed by atoms with van der Waals surface area (Å²) in [5.41, 5.74) is 2.87. The Morgan fingerprint density at radius 1 is 1.12 bits per heavy atom. The standard InChI is InChI=1S/C20H30N4O/c1-22-14-17-6-4-3-5-16(17)13-18(22)19(25)24-12-11-23(2)20(15-24)7-9-21-10-8-20/h3-6,18,21H,7-15H2,1-2H3/t18-/m1/s1. The second-order valence-corrected chi connectivity index (χ2v) is 8.06. The van der Waals surface area contributed by atoms with E-state index in [1.807, 2.05) is 0 Å². The van der Waals surface area contributed by atoms with Crippen molar-refractivity contribution >= 4 is 5.91 Å². The van der Waals surface area contributed by atoms with Gasteiger partial charge in [-0.1, -0.05) is 24.3 Å². The smallest absolute Gasteiger partial charge is 0.240 e. The third-order valence-corrected chi connectivity index (χ3v) is 6.61. The number of nitrogens with one attached hydrogen (secondary N) is 1. The number of rotatable bonds is 1. The third-order valence-electron chi connectivity index (χ3n) is 6.61. The number of hydrogen-bond acceptors (Lipinski definition) is 4. The molecule has 0 aliphatic carbocycles. The molecule has 3 aliphatic rings. The highest BCUT2D eigenvalue weighted by atomic mass is 16.2. The van der Waals surface area contributed by atoms with E-state index in [9.17, 15) is 4.79 Å². The van der Waals surface area contributed by atoms with E-state index in [0.717, 1.165) is 58.5 Å². The highest BCUT2D eigenvalue weighted by Gasteiger charge is 2.43. The zero-order valence-electron chi connectivity index (χ0n) is 15.5. The van der Waals surface area contributed by atoms with Crippen molar-refractivity contribution in [1.29, 1.82) is 0 Å². The van der Waals surface area contributed by atoms with Gasteiger partial charge in [0.15, 0.2) is 0 Å². The number of piperazine rings is 1. The van der Waals surface area contributed by atoms with Crippen LogP contribution in [-0.2, 0) is 17.8 Å². The second-order valence-electron chi connectivity index (χ2n) is 8.06. The fraction of sp³-hybridized carbons (Fsp3) is 0.650. The minimum Gasteiger partial charge on any atom is -0.338 e. The average Bonchev–Trinajstić information content (AvgIpc) is 2.64. The topological polar surface area (TPSA) is 38.8 Å². The summed E-state index contributed by atoms with van der Waals surface area (Å²) in [7, 11) is 4.32. The molecule has 5 heteroatoms. The number of carbonyl (C=O) groups is 1. The van der Waals surface area contributed by atoms with Crippen molar-refractivity contribution in [1.82, 2.24) is 20.0 Å². The number of likely N-dealkylation sites (N-methyl/N-ethyl adjacent to an activating group) is 2. The van der Waals surface area contributed by atoms with Crippen LogP contribution in [-0.4, -0.2) is 79.0 Å². The van der Waals surface area contributed by atoms with Crippen molar-refractivity contribution in [2.24, 2.45) is 0 Å². The SMILES string of the molecule is CN1Cc2ccccc2C[C@@H]1C(=O)N1CCN(C)C2(CCNCC2)C1. The molecule has 25 heavy (non-hydrogen) atoms. The van der Waals surface area contributed by atoms with Crippen LogP contribution in [0.25, 0.3) is 0 Å². The Bertz CT molecular complexity index is 640. The first-order chi connectivity index (χ1) is 12.1. The predicted octanol–water partition coefficient (Wildman–Crippen LogP) is 0.939. The maximum atomic E-state index is 13.4. The van der Waals surface area contributed by atoms with Crippen molar-refractivity contribution in [2.45, 2.75) is 37.4 Å². The molecule has 0 unspecified atom stereocenters. The fourth-order valence-corrected chi connectivity index (χ4v) is 4.82. The van der Waals surface area contributed by atoms with Gasteiger partial charge in [-0.3, -0.25) is 14.6 Å². The molecule has 1 aromatic rings. The molecule has 1 aromatic carbocycles. The highest BCUT2D eigenvalue weighted by Crippen LogP contribution is 2.31. The predicted molar refractivity (Wildman–Crippen MR) is 99.4 cm³/mol. The molecule has 2 saturated heterocycles. The Morgan fingerprint density at radius 2 is 1.84 bits per heavy atom. The number of benzene rings is 1. The van der Waals surface area contributed by atoms with Crippen LogP contribution >= 0.6 is 0 Å². The molecule has 5 nitrogen and oxygen atoms in total. The van der Waals surface area contributed by atoms with Crippen LogP contribution in [0.5, 0.6) is 0 Å². The lowest BCUT2D eigenvalue weighted by Crippen LogP contribution is -2.66. The summed E-state index contributed by atoms with van der Waals surface area (Å²) < 4.78 is 0. The van der Waals surface area contributed by atoms with Crippen molar-refractivity contribution in [3.63, 3.8) is 0 Å². The Balaban J connectivity index is 1.51. The molecule has 1 spiro atoms. The molecule has 4 rings (SSSR count). The van der Waals surface area contributed by atoms with E-state index >= 15 is 0 Å². The molecule has 0 radical (unpaired) electrons. The van der Waals surface area contributed by atoms with Gasteiger partial charge in [0.2, 0.25) is 5.91 Å².